The standard InChI is InChI=1S/C30H44N7O14PS/c1-4-18(5-2)12-45-29(42)47-17-53-52(43,49-13-21-19(39)10-23(50-21)36-16-34-24-26(31)32-15-33-27(24)36)51-25-20(11-38)46-14-30(25,48-9-8-44-3)37-7-6-22(40)35-28(37)41/h6-7,15-16,18-21,23,25,38-39H,4-5,8-14,17H2,1-3H3,(H2,31,32,33)(H,35,40,41)/t19-,20+,21+,23+,25+,30+,52?/m0/s1. The van der Waals surface area contributed by atoms with Gasteiger partial charge in [0.1, 0.15) is 36.4 Å². The average molecular weight is 790 g/mol. The lowest BCUT2D eigenvalue weighted by atomic mass is 10.1. The lowest BCUT2D eigenvalue weighted by Crippen LogP contribution is -2.55. The first-order chi connectivity index (χ1) is 25.5. The summed E-state index contributed by atoms with van der Waals surface area (Å²) in [7, 11) is 1.43. The fraction of sp³-hybridized carbons (Fsp3) is 0.667. The number of aromatic amines is 1. The predicted molar refractivity (Wildman–Crippen MR) is 186 cm³/mol. The Hall–Kier alpha value is -3.44. The molecule has 0 bridgehead atoms. The summed E-state index contributed by atoms with van der Waals surface area (Å²) >= 11 is 0.457. The Morgan fingerprint density at radius 1 is 1.21 bits per heavy atom. The molecule has 5 rings (SSSR count). The van der Waals surface area contributed by atoms with Crippen molar-refractivity contribution in [1.82, 2.24) is 29.1 Å². The van der Waals surface area contributed by atoms with Crippen LogP contribution in [-0.2, 0) is 47.8 Å². The minimum atomic E-state index is -4.55. The lowest BCUT2D eigenvalue weighted by Gasteiger charge is -2.37. The van der Waals surface area contributed by atoms with Gasteiger partial charge in [-0.15, -0.1) is 0 Å². The van der Waals surface area contributed by atoms with Gasteiger partial charge in [-0.2, -0.15) is 0 Å². The van der Waals surface area contributed by atoms with Gasteiger partial charge in [0.05, 0.1) is 52.1 Å². The summed E-state index contributed by atoms with van der Waals surface area (Å²) in [6, 6.07) is 1.07. The molecular weight excluding hydrogens is 745 g/mol. The number of methoxy groups -OCH3 is 1. The molecule has 5 heterocycles. The zero-order valence-corrected chi connectivity index (χ0v) is 31.0. The number of aliphatic hydroxyl groups excluding tert-OH is 2. The summed E-state index contributed by atoms with van der Waals surface area (Å²) in [5, 5.41) is 21.3. The van der Waals surface area contributed by atoms with Gasteiger partial charge in [0.2, 0.25) is 5.72 Å². The SMILES string of the molecule is CCC(CC)COC(=O)OCSP(=O)(OC[C@H]1O[C@@H](n2cnc3c(N)ncnc32)C[C@@H]1O)O[C@@H]1[C@@H](CO)OC[C@]1(OCCOC)n1ccc(=O)[nH]c1=O. The summed E-state index contributed by atoms with van der Waals surface area (Å²) in [6.45, 7) is -2.16. The van der Waals surface area contributed by atoms with Crippen molar-refractivity contribution in [2.45, 2.75) is 69.5 Å². The first kappa shape index (κ1) is 40.7. The van der Waals surface area contributed by atoms with Crippen molar-refractivity contribution in [1.29, 1.82) is 0 Å². The third-order valence-electron chi connectivity index (χ3n) is 8.86. The number of fused-ring (bicyclic) bond motifs is 1. The number of H-pyrrole nitrogens is 1. The van der Waals surface area contributed by atoms with E-state index in [0.29, 0.717) is 22.5 Å². The Balaban J connectivity index is 1.39. The molecule has 2 saturated heterocycles. The molecule has 294 valence electrons. The predicted octanol–water partition coefficient (Wildman–Crippen LogP) is 1.10. The highest BCUT2D eigenvalue weighted by atomic mass is 32.7. The Morgan fingerprint density at radius 3 is 2.72 bits per heavy atom. The van der Waals surface area contributed by atoms with E-state index >= 15 is 0 Å². The van der Waals surface area contributed by atoms with E-state index in [1.54, 1.807) is 4.57 Å². The molecule has 7 atom stereocenters. The molecule has 3 aromatic heterocycles. The Labute approximate surface area is 306 Å². The molecule has 2 aliphatic rings. The molecule has 0 aliphatic carbocycles. The maximum absolute atomic E-state index is 14.7. The van der Waals surface area contributed by atoms with E-state index in [9.17, 15) is 29.2 Å². The largest absolute Gasteiger partial charge is 0.509 e. The number of nitrogens with one attached hydrogen (secondary N) is 1. The van der Waals surface area contributed by atoms with Crippen LogP contribution in [0.4, 0.5) is 10.6 Å². The highest BCUT2D eigenvalue weighted by Crippen LogP contribution is 2.63. The molecule has 1 unspecified atom stereocenters. The minimum absolute atomic E-state index is 0.0506. The van der Waals surface area contributed by atoms with E-state index in [1.807, 2.05) is 13.8 Å². The van der Waals surface area contributed by atoms with E-state index in [0.717, 1.165) is 29.7 Å². The highest BCUT2D eigenvalue weighted by molar-refractivity contribution is 8.55. The fourth-order valence-corrected chi connectivity index (χ4v) is 8.61. The van der Waals surface area contributed by atoms with Gasteiger partial charge in [0.25, 0.3) is 5.56 Å². The Bertz CT molecular complexity index is 1840. The zero-order chi connectivity index (χ0) is 38.2. The van der Waals surface area contributed by atoms with Crippen LogP contribution in [0.1, 0.15) is 39.3 Å². The van der Waals surface area contributed by atoms with Crippen molar-refractivity contribution in [3.05, 3.63) is 45.8 Å². The molecule has 0 amide bonds. The number of aliphatic hydroxyl groups is 2. The highest BCUT2D eigenvalue weighted by Gasteiger charge is 2.57. The van der Waals surface area contributed by atoms with Gasteiger partial charge in [0, 0.05) is 37.2 Å². The monoisotopic (exact) mass is 789 g/mol. The van der Waals surface area contributed by atoms with E-state index in [-0.39, 0.29) is 38.0 Å². The Morgan fingerprint density at radius 2 is 2.00 bits per heavy atom. The molecule has 2 aliphatic heterocycles. The second-order valence-corrected chi connectivity index (χ2v) is 16.1. The molecule has 0 aromatic carbocycles. The molecular formula is C30H44N7O14PS. The molecule has 0 saturated carbocycles. The van der Waals surface area contributed by atoms with E-state index in [1.165, 1.54) is 19.8 Å². The van der Waals surface area contributed by atoms with E-state index < -0.39 is 86.3 Å². The number of nitrogens with two attached hydrogens (primary N) is 1. The number of aromatic nitrogens is 6. The summed E-state index contributed by atoms with van der Waals surface area (Å²) in [5.41, 5.74) is 3.10. The second kappa shape index (κ2) is 18.3. The molecule has 0 radical (unpaired) electrons. The fourth-order valence-electron chi connectivity index (χ4n) is 5.81. The molecule has 3 aromatic rings. The van der Waals surface area contributed by atoms with Crippen LogP contribution >= 0.6 is 18.2 Å². The van der Waals surface area contributed by atoms with Gasteiger partial charge in [-0.25, -0.2) is 29.1 Å². The smallest absolute Gasteiger partial charge is 0.434 e. The van der Waals surface area contributed by atoms with Gasteiger partial charge < -0.3 is 44.4 Å². The van der Waals surface area contributed by atoms with Crippen LogP contribution in [-0.4, -0.2) is 123 Å². The third kappa shape index (κ3) is 9.45. The van der Waals surface area contributed by atoms with Crippen molar-refractivity contribution < 1.29 is 57.0 Å². The maximum Gasteiger partial charge on any atom is 0.509 e. The molecule has 53 heavy (non-hydrogen) atoms. The number of nitrogens with zero attached hydrogens (tertiary/aromatic N) is 5. The summed E-state index contributed by atoms with van der Waals surface area (Å²) in [4.78, 5) is 52.0. The van der Waals surface area contributed by atoms with Crippen LogP contribution in [0.15, 0.2) is 34.5 Å². The second-order valence-electron chi connectivity index (χ2n) is 12.1. The van der Waals surface area contributed by atoms with Crippen LogP contribution in [0.3, 0.4) is 0 Å². The topological polar surface area (TPSA) is 273 Å². The minimum Gasteiger partial charge on any atom is -0.434 e. The number of ether oxygens (including phenoxy) is 6. The summed E-state index contributed by atoms with van der Waals surface area (Å²) in [6.07, 6.45) is -1.23. The molecule has 21 nitrogen and oxygen atoms in total. The maximum atomic E-state index is 14.7. The number of carbonyl (C=O) groups excluding carboxylic acids is 1. The van der Waals surface area contributed by atoms with Crippen molar-refractivity contribution in [3.8, 4) is 0 Å². The van der Waals surface area contributed by atoms with Crippen LogP contribution in [0, 0.1) is 5.92 Å². The number of hydrogen-bond donors (Lipinski definition) is 4. The Kier molecular flexibility index (Phi) is 14.0. The summed E-state index contributed by atoms with van der Waals surface area (Å²) in [5.74, 6) is -0.293. The van der Waals surface area contributed by atoms with Gasteiger partial charge in [0.15, 0.2) is 17.4 Å². The van der Waals surface area contributed by atoms with Crippen molar-refractivity contribution >= 4 is 41.3 Å². The van der Waals surface area contributed by atoms with Gasteiger partial charge in [-0.05, 0) is 5.92 Å². The average Bonchev–Trinajstić information content (AvgIpc) is 3.83. The van der Waals surface area contributed by atoms with Crippen LogP contribution in [0.5, 0.6) is 0 Å². The number of nitrogen functional groups attached to an aromatic ring is 1. The van der Waals surface area contributed by atoms with Crippen molar-refractivity contribution in [2.75, 3.05) is 58.4 Å². The van der Waals surface area contributed by atoms with Crippen LogP contribution < -0.4 is 17.0 Å². The number of anilines is 1. The number of carbonyl (C=O) groups is 1. The van der Waals surface area contributed by atoms with Gasteiger partial charge >= 0.3 is 18.6 Å². The van der Waals surface area contributed by atoms with Crippen molar-refractivity contribution in [2.24, 2.45) is 5.92 Å². The van der Waals surface area contributed by atoms with E-state index in [2.05, 4.69) is 19.9 Å². The first-order valence-electron chi connectivity index (χ1n) is 16.8. The van der Waals surface area contributed by atoms with Gasteiger partial charge in [-0.3, -0.25) is 28.0 Å². The van der Waals surface area contributed by atoms with E-state index in [4.69, 9.17) is 43.2 Å². The molecule has 2 fully saturated rings. The molecule has 5 N–H and O–H groups in total. The lowest BCUT2D eigenvalue weighted by molar-refractivity contribution is -0.163. The van der Waals surface area contributed by atoms with Crippen LogP contribution in [0.2, 0.25) is 0 Å². The first-order valence-corrected chi connectivity index (χ1v) is 19.9. The molecule has 0 spiro atoms. The normalized spacial score (nSPS) is 25.6. The number of rotatable bonds is 19. The quantitative estimate of drug-likeness (QED) is 0.0573. The van der Waals surface area contributed by atoms with Crippen molar-refractivity contribution in [3.63, 3.8) is 0 Å². The van der Waals surface area contributed by atoms with Gasteiger partial charge in [-0.1, -0.05) is 26.7 Å². The summed E-state index contributed by atoms with van der Waals surface area (Å²) < 4.78 is 62.7. The number of hydrogen-bond acceptors (Lipinski definition) is 19. The third-order valence-corrected chi connectivity index (χ3v) is 12.2. The molecule has 23 heteroatoms. The zero-order valence-electron chi connectivity index (χ0n) is 29.3. The van der Waals surface area contributed by atoms with Crippen LogP contribution in [0.25, 0.3) is 11.2 Å². The number of imidazole rings is 1.